The monoisotopic (exact) mass is 405 g/mol. The second-order valence-corrected chi connectivity index (χ2v) is 7.36. The van der Waals surface area contributed by atoms with Gasteiger partial charge in [0.1, 0.15) is 5.82 Å². The third-order valence-corrected chi connectivity index (χ3v) is 5.35. The Morgan fingerprint density at radius 2 is 1.89 bits per heavy atom. The number of nitrogens with one attached hydrogen (secondary N) is 1. The summed E-state index contributed by atoms with van der Waals surface area (Å²) in [5.74, 6) is 0.852. The van der Waals surface area contributed by atoms with Crippen molar-refractivity contribution < 1.29 is 13.2 Å². The van der Waals surface area contributed by atoms with E-state index in [2.05, 4.69) is 5.32 Å². The van der Waals surface area contributed by atoms with Gasteiger partial charge in [0.15, 0.2) is 0 Å². The van der Waals surface area contributed by atoms with E-state index < -0.39 is 11.7 Å². The van der Waals surface area contributed by atoms with Crippen LogP contribution in [0.2, 0.25) is 5.02 Å². The molecule has 0 atom stereocenters. The highest BCUT2D eigenvalue weighted by atomic mass is 35.5. The number of benzene rings is 2. The number of rotatable bonds is 2. The third kappa shape index (κ3) is 3.37. The van der Waals surface area contributed by atoms with E-state index in [1.807, 2.05) is 35.9 Å². The lowest BCUT2D eigenvalue weighted by Crippen LogP contribution is -2.08. The van der Waals surface area contributed by atoms with E-state index >= 15 is 0 Å². The molecule has 0 unspecified atom stereocenters. The Balaban J connectivity index is 1.93. The lowest BCUT2D eigenvalue weighted by Gasteiger charge is -2.11. The van der Waals surface area contributed by atoms with Crippen molar-refractivity contribution in [1.29, 1.82) is 0 Å². The van der Waals surface area contributed by atoms with Gasteiger partial charge >= 0.3 is 6.18 Å². The zero-order valence-electron chi connectivity index (χ0n) is 15.3. The first-order valence-electron chi connectivity index (χ1n) is 9.15. The van der Waals surface area contributed by atoms with Crippen molar-refractivity contribution in [2.24, 2.45) is 0 Å². The van der Waals surface area contributed by atoms with Crippen LogP contribution in [0.3, 0.4) is 0 Å². The quantitative estimate of drug-likeness (QED) is 0.544. The minimum absolute atomic E-state index is 0.307. The first-order chi connectivity index (χ1) is 13.4. The molecule has 1 aromatic heterocycles. The number of para-hydroxylation sites is 1. The first-order valence-corrected chi connectivity index (χ1v) is 9.53. The van der Waals surface area contributed by atoms with Gasteiger partial charge in [-0.1, -0.05) is 35.9 Å². The normalized spacial score (nSPS) is 14.3. The third-order valence-electron chi connectivity index (χ3n) is 5.02. The zero-order valence-corrected chi connectivity index (χ0v) is 16.0. The molecule has 1 aliphatic rings. The highest BCUT2D eigenvalue weighted by molar-refractivity contribution is 6.31. The predicted molar refractivity (Wildman–Crippen MR) is 105 cm³/mol. The van der Waals surface area contributed by atoms with Crippen molar-refractivity contribution in [3.8, 4) is 16.9 Å². The van der Waals surface area contributed by atoms with E-state index in [1.165, 1.54) is 6.07 Å². The molecule has 4 rings (SSSR count). The molecule has 2 heterocycles. The number of fused-ring (bicyclic) bond motifs is 1. The summed E-state index contributed by atoms with van der Waals surface area (Å²) in [6.45, 7) is 2.79. The van der Waals surface area contributed by atoms with Crippen molar-refractivity contribution in [3.05, 3.63) is 64.2 Å². The summed E-state index contributed by atoms with van der Waals surface area (Å²) in [4.78, 5) is 0. The van der Waals surface area contributed by atoms with E-state index in [-0.39, 0.29) is 5.02 Å². The Kier molecular flexibility index (Phi) is 4.83. The summed E-state index contributed by atoms with van der Waals surface area (Å²) in [5.41, 5.74) is 3.03. The van der Waals surface area contributed by atoms with Gasteiger partial charge in [0.25, 0.3) is 0 Å². The van der Waals surface area contributed by atoms with Crippen molar-refractivity contribution in [3.63, 3.8) is 0 Å². The number of hydrogen-bond donors (Lipinski definition) is 1. The number of aryl methyl sites for hydroxylation is 1. The van der Waals surface area contributed by atoms with E-state index in [1.54, 1.807) is 6.07 Å². The van der Waals surface area contributed by atoms with Gasteiger partial charge in [0.05, 0.1) is 22.0 Å². The summed E-state index contributed by atoms with van der Waals surface area (Å²) in [7, 11) is 0. The Morgan fingerprint density at radius 1 is 1.11 bits per heavy atom. The molecule has 28 heavy (non-hydrogen) atoms. The molecule has 146 valence electrons. The molecule has 0 radical (unpaired) electrons. The standard InChI is InChI=1S/C21H19ClF3N3/c1-13-6-2-3-8-18(13)28-20-15(7-4-5-11-26-20)19(27-28)14-9-10-17(22)16(12-14)21(23,24)25/h2-3,6,8-10,12,26H,4-5,7,11H2,1H3. The predicted octanol–water partition coefficient (Wildman–Crippen LogP) is 6.27. The van der Waals surface area contributed by atoms with Crippen LogP contribution < -0.4 is 5.32 Å². The maximum atomic E-state index is 13.3. The summed E-state index contributed by atoms with van der Waals surface area (Å²) < 4.78 is 41.9. The van der Waals surface area contributed by atoms with Crippen LogP contribution in [0, 0.1) is 6.92 Å². The van der Waals surface area contributed by atoms with Crippen LogP contribution in [-0.2, 0) is 12.6 Å². The molecule has 0 saturated heterocycles. The molecule has 1 aliphatic heterocycles. The van der Waals surface area contributed by atoms with Gasteiger partial charge in [0, 0.05) is 17.7 Å². The minimum Gasteiger partial charge on any atom is -0.370 e. The molecule has 3 nitrogen and oxygen atoms in total. The first kappa shape index (κ1) is 18.9. The fourth-order valence-corrected chi connectivity index (χ4v) is 3.82. The van der Waals surface area contributed by atoms with E-state index in [9.17, 15) is 13.2 Å². The van der Waals surface area contributed by atoms with Gasteiger partial charge in [-0.25, -0.2) is 4.68 Å². The number of alkyl halides is 3. The van der Waals surface area contributed by atoms with Crippen molar-refractivity contribution >= 4 is 17.4 Å². The van der Waals surface area contributed by atoms with Crippen LogP contribution in [0.5, 0.6) is 0 Å². The smallest absolute Gasteiger partial charge is 0.370 e. The Bertz CT molecular complexity index is 1020. The second kappa shape index (κ2) is 7.17. The molecule has 1 N–H and O–H groups in total. The van der Waals surface area contributed by atoms with E-state index in [0.717, 1.165) is 54.5 Å². The molecule has 7 heteroatoms. The Morgan fingerprint density at radius 3 is 2.64 bits per heavy atom. The fourth-order valence-electron chi connectivity index (χ4n) is 3.60. The summed E-state index contributed by atoms with van der Waals surface area (Å²) in [6.07, 6.45) is -1.81. The fraction of sp³-hybridized carbons (Fsp3) is 0.286. The van der Waals surface area contributed by atoms with Crippen LogP contribution in [0.15, 0.2) is 42.5 Å². The van der Waals surface area contributed by atoms with Gasteiger partial charge < -0.3 is 5.32 Å². The average Bonchev–Trinajstić information content (AvgIpc) is 2.83. The molecular formula is C21H19ClF3N3. The SMILES string of the molecule is Cc1ccccc1-n1nc(-c2ccc(Cl)c(C(F)(F)F)c2)c2c1NCCCC2. The molecule has 0 amide bonds. The number of halogens is 4. The summed E-state index contributed by atoms with van der Waals surface area (Å²) >= 11 is 5.80. The van der Waals surface area contributed by atoms with Gasteiger partial charge in [-0.2, -0.15) is 18.3 Å². The lowest BCUT2D eigenvalue weighted by molar-refractivity contribution is -0.137. The second-order valence-electron chi connectivity index (χ2n) is 6.95. The summed E-state index contributed by atoms with van der Waals surface area (Å²) in [5, 5.41) is 7.84. The molecule has 0 aliphatic carbocycles. The molecule has 0 bridgehead atoms. The Labute approximate surface area is 166 Å². The van der Waals surface area contributed by atoms with Crippen molar-refractivity contribution in [2.75, 3.05) is 11.9 Å². The number of aromatic nitrogens is 2. The number of nitrogens with zero attached hydrogens (tertiary/aromatic N) is 2. The largest absolute Gasteiger partial charge is 0.417 e. The molecular weight excluding hydrogens is 387 g/mol. The molecule has 0 fully saturated rings. The van der Waals surface area contributed by atoms with Gasteiger partial charge in [-0.05, 0) is 49.9 Å². The van der Waals surface area contributed by atoms with Gasteiger partial charge in [0.2, 0.25) is 0 Å². The van der Waals surface area contributed by atoms with Crippen molar-refractivity contribution in [1.82, 2.24) is 9.78 Å². The molecule has 0 spiro atoms. The van der Waals surface area contributed by atoms with Crippen LogP contribution in [0.1, 0.15) is 29.5 Å². The highest BCUT2D eigenvalue weighted by Gasteiger charge is 2.34. The van der Waals surface area contributed by atoms with Crippen molar-refractivity contribution in [2.45, 2.75) is 32.4 Å². The lowest BCUT2D eigenvalue weighted by atomic mass is 10.0. The maximum Gasteiger partial charge on any atom is 0.417 e. The van der Waals surface area contributed by atoms with Gasteiger partial charge in [-0.15, -0.1) is 0 Å². The van der Waals surface area contributed by atoms with Gasteiger partial charge in [-0.3, -0.25) is 0 Å². The van der Waals surface area contributed by atoms with E-state index in [0.29, 0.717) is 11.3 Å². The number of hydrogen-bond acceptors (Lipinski definition) is 2. The van der Waals surface area contributed by atoms with Crippen LogP contribution in [0.25, 0.3) is 16.9 Å². The van der Waals surface area contributed by atoms with Crippen LogP contribution >= 0.6 is 11.6 Å². The number of anilines is 1. The maximum absolute atomic E-state index is 13.3. The van der Waals surface area contributed by atoms with Crippen LogP contribution in [0.4, 0.5) is 19.0 Å². The molecule has 2 aromatic carbocycles. The van der Waals surface area contributed by atoms with Crippen LogP contribution in [-0.4, -0.2) is 16.3 Å². The minimum atomic E-state index is -4.51. The average molecular weight is 406 g/mol. The zero-order chi connectivity index (χ0) is 19.9. The molecule has 3 aromatic rings. The Hall–Kier alpha value is -2.47. The molecule has 0 saturated carbocycles. The topological polar surface area (TPSA) is 29.9 Å². The highest BCUT2D eigenvalue weighted by Crippen LogP contribution is 2.40. The summed E-state index contributed by atoms with van der Waals surface area (Å²) in [6, 6.07) is 11.8. The van der Waals surface area contributed by atoms with E-state index in [4.69, 9.17) is 16.7 Å².